The fourth-order valence-corrected chi connectivity index (χ4v) is 2.15. The van der Waals surface area contributed by atoms with Gasteiger partial charge in [0.25, 0.3) is 0 Å². The highest BCUT2D eigenvalue weighted by molar-refractivity contribution is 9.10. The summed E-state index contributed by atoms with van der Waals surface area (Å²) >= 11 is 2.96. The van der Waals surface area contributed by atoms with E-state index in [1.165, 1.54) is 11.0 Å². The minimum absolute atomic E-state index is 0.0482. The van der Waals surface area contributed by atoms with Crippen LogP contribution in [0.1, 0.15) is 16.8 Å². The first-order valence-corrected chi connectivity index (χ1v) is 6.04. The lowest BCUT2D eigenvalue weighted by Crippen LogP contribution is -2.49. The largest absolute Gasteiger partial charge is 0.871 e. The molecule has 8 heteroatoms. The number of benzene rings is 1. The van der Waals surface area contributed by atoms with Crippen molar-refractivity contribution >= 4 is 39.5 Å². The van der Waals surface area contributed by atoms with E-state index in [2.05, 4.69) is 21.2 Å². The molecule has 1 aliphatic rings. The Morgan fingerprint density at radius 2 is 2.11 bits per heavy atom. The number of halogens is 1. The number of aromatic carboxylic acids is 1. The summed E-state index contributed by atoms with van der Waals surface area (Å²) in [6.07, 6.45) is 0.116. The Morgan fingerprint density at radius 1 is 1.42 bits per heavy atom. The number of carboxylic acid groups (broad SMARTS) is 1. The Bertz CT molecular complexity index is 587. The van der Waals surface area contributed by atoms with Gasteiger partial charge in [-0.05, 0) is 12.1 Å². The maximum Gasteiger partial charge on any atom is 0.335 e. The molecular formula is C11H8BrN2O5-. The number of imide groups is 1. The van der Waals surface area contributed by atoms with Crippen LogP contribution in [0.4, 0.5) is 10.5 Å². The van der Waals surface area contributed by atoms with Crippen molar-refractivity contribution in [2.45, 2.75) is 6.42 Å². The zero-order valence-electron chi connectivity index (χ0n) is 9.47. The second-order valence-electron chi connectivity index (χ2n) is 3.86. The summed E-state index contributed by atoms with van der Waals surface area (Å²) in [5.74, 6) is -2.43. The highest BCUT2D eigenvalue weighted by Crippen LogP contribution is 2.31. The Hall–Kier alpha value is -2.09. The van der Waals surface area contributed by atoms with Gasteiger partial charge in [-0.15, -0.1) is 0 Å². The molecule has 1 aromatic carbocycles. The van der Waals surface area contributed by atoms with E-state index in [4.69, 9.17) is 5.11 Å². The second kappa shape index (κ2) is 4.88. The molecule has 100 valence electrons. The van der Waals surface area contributed by atoms with Crippen LogP contribution >= 0.6 is 15.9 Å². The summed E-state index contributed by atoms with van der Waals surface area (Å²) in [7, 11) is 0. The highest BCUT2D eigenvalue weighted by Gasteiger charge is 2.25. The molecule has 19 heavy (non-hydrogen) atoms. The van der Waals surface area contributed by atoms with Gasteiger partial charge in [-0.2, -0.15) is 0 Å². The van der Waals surface area contributed by atoms with Crippen molar-refractivity contribution in [3.63, 3.8) is 0 Å². The van der Waals surface area contributed by atoms with Crippen LogP contribution in [-0.4, -0.2) is 29.6 Å². The van der Waals surface area contributed by atoms with Crippen LogP contribution in [0.3, 0.4) is 0 Å². The quantitative estimate of drug-likeness (QED) is 0.829. The lowest BCUT2D eigenvalue weighted by Gasteiger charge is -2.28. The maximum absolute atomic E-state index is 11.6. The van der Waals surface area contributed by atoms with Crippen LogP contribution in [0.5, 0.6) is 5.75 Å². The summed E-state index contributed by atoms with van der Waals surface area (Å²) in [5, 5.41) is 22.6. The van der Waals surface area contributed by atoms with Gasteiger partial charge in [-0.1, -0.05) is 21.7 Å². The minimum Gasteiger partial charge on any atom is -0.871 e. The molecule has 0 bridgehead atoms. The molecule has 0 unspecified atom stereocenters. The molecule has 0 aromatic heterocycles. The molecule has 7 nitrogen and oxygen atoms in total. The summed E-state index contributed by atoms with van der Waals surface area (Å²) in [6, 6.07) is 1.83. The zero-order chi connectivity index (χ0) is 14.2. The maximum atomic E-state index is 11.6. The minimum atomic E-state index is -1.37. The molecule has 0 spiro atoms. The Balaban J connectivity index is 2.43. The normalized spacial score (nSPS) is 15.3. The number of carbonyl (C=O) groups is 3. The van der Waals surface area contributed by atoms with Crippen molar-refractivity contribution in [2.24, 2.45) is 0 Å². The number of hydrogen-bond acceptors (Lipinski definition) is 4. The first kappa shape index (κ1) is 13.3. The summed E-state index contributed by atoms with van der Waals surface area (Å²) in [6.45, 7) is 0.133. The smallest absolute Gasteiger partial charge is 0.335 e. The van der Waals surface area contributed by atoms with Gasteiger partial charge in [-0.3, -0.25) is 15.0 Å². The van der Waals surface area contributed by atoms with Crippen molar-refractivity contribution in [3.8, 4) is 5.75 Å². The summed E-state index contributed by atoms with van der Waals surface area (Å²) in [4.78, 5) is 34.8. The van der Waals surface area contributed by atoms with E-state index < -0.39 is 23.3 Å². The number of urea groups is 1. The zero-order valence-corrected chi connectivity index (χ0v) is 11.1. The highest BCUT2D eigenvalue weighted by atomic mass is 79.9. The van der Waals surface area contributed by atoms with E-state index in [9.17, 15) is 19.5 Å². The number of carboxylic acids is 1. The van der Waals surface area contributed by atoms with Crippen molar-refractivity contribution in [1.82, 2.24) is 5.32 Å². The van der Waals surface area contributed by atoms with Crippen LogP contribution in [0.15, 0.2) is 16.6 Å². The summed E-state index contributed by atoms with van der Waals surface area (Å²) in [5.41, 5.74) is -0.192. The lowest BCUT2D eigenvalue weighted by atomic mass is 10.1. The molecule has 1 saturated heterocycles. The molecule has 1 aromatic rings. The van der Waals surface area contributed by atoms with Crippen LogP contribution in [0.25, 0.3) is 0 Å². The van der Waals surface area contributed by atoms with Gasteiger partial charge in [0.1, 0.15) is 0 Å². The molecule has 2 N–H and O–H groups in total. The van der Waals surface area contributed by atoms with Crippen LogP contribution in [0.2, 0.25) is 0 Å². The second-order valence-corrected chi connectivity index (χ2v) is 4.72. The molecule has 2 rings (SSSR count). The average molecular weight is 328 g/mol. The van der Waals surface area contributed by atoms with Gasteiger partial charge >= 0.3 is 12.0 Å². The van der Waals surface area contributed by atoms with E-state index in [1.54, 1.807) is 0 Å². The van der Waals surface area contributed by atoms with E-state index in [0.29, 0.717) is 0 Å². The first-order chi connectivity index (χ1) is 8.90. The summed E-state index contributed by atoms with van der Waals surface area (Å²) < 4.78 is 0.0482. The van der Waals surface area contributed by atoms with Crippen molar-refractivity contribution in [3.05, 3.63) is 22.2 Å². The van der Waals surface area contributed by atoms with E-state index in [0.717, 1.165) is 6.07 Å². The number of nitrogens with zero attached hydrogens (tertiary/aromatic N) is 1. The molecule has 3 amide bonds. The number of hydrogen-bond donors (Lipinski definition) is 2. The number of nitrogens with one attached hydrogen (secondary N) is 1. The van der Waals surface area contributed by atoms with E-state index in [1.807, 2.05) is 0 Å². The van der Waals surface area contributed by atoms with E-state index >= 15 is 0 Å². The van der Waals surface area contributed by atoms with Crippen molar-refractivity contribution in [1.29, 1.82) is 0 Å². The Labute approximate surface area is 116 Å². The SMILES string of the molecule is O=C1CCN(c2cc(Br)c([O-])c(C(=O)O)c2)C(=O)N1. The topological polar surface area (TPSA) is 110 Å². The van der Waals surface area contributed by atoms with Gasteiger partial charge in [0.05, 0.1) is 5.56 Å². The van der Waals surface area contributed by atoms with Gasteiger partial charge in [-0.25, -0.2) is 9.59 Å². The third kappa shape index (κ3) is 2.53. The fourth-order valence-electron chi connectivity index (χ4n) is 1.70. The van der Waals surface area contributed by atoms with Gasteiger partial charge in [0.15, 0.2) is 0 Å². The van der Waals surface area contributed by atoms with Crippen LogP contribution in [-0.2, 0) is 4.79 Å². The van der Waals surface area contributed by atoms with Crippen molar-refractivity contribution < 1.29 is 24.6 Å². The molecular weight excluding hydrogens is 320 g/mol. The Kier molecular flexibility index (Phi) is 3.43. The molecule has 0 aliphatic carbocycles. The van der Waals surface area contributed by atoms with Crippen LogP contribution in [0, 0.1) is 0 Å². The van der Waals surface area contributed by atoms with E-state index in [-0.39, 0.29) is 29.0 Å². The molecule has 0 saturated carbocycles. The lowest BCUT2D eigenvalue weighted by molar-refractivity contribution is -0.270. The molecule has 1 aliphatic heterocycles. The van der Waals surface area contributed by atoms with Gasteiger partial charge in [0, 0.05) is 23.1 Å². The molecule has 1 fully saturated rings. The average Bonchev–Trinajstić information content (AvgIpc) is 2.32. The molecule has 0 atom stereocenters. The molecule has 0 radical (unpaired) electrons. The predicted molar refractivity (Wildman–Crippen MR) is 66.0 cm³/mol. The number of anilines is 1. The third-order valence-corrected chi connectivity index (χ3v) is 3.21. The Morgan fingerprint density at radius 3 is 2.68 bits per heavy atom. The number of rotatable bonds is 2. The number of amides is 3. The third-order valence-electron chi connectivity index (χ3n) is 2.62. The van der Waals surface area contributed by atoms with Crippen LogP contribution < -0.4 is 15.3 Å². The standard InChI is InChI=1S/C11H9BrN2O5/c12-7-4-5(3-6(9(7)16)10(17)18)14-2-1-8(15)13-11(14)19/h3-4,16H,1-2H2,(H,17,18)(H,13,15,19)/p-1. The number of carbonyl (C=O) groups excluding carboxylic acids is 2. The fraction of sp³-hybridized carbons (Fsp3) is 0.182. The first-order valence-electron chi connectivity index (χ1n) is 5.25. The monoisotopic (exact) mass is 327 g/mol. The van der Waals surface area contributed by atoms with Gasteiger partial charge in [0.2, 0.25) is 5.91 Å². The molecule has 1 heterocycles. The van der Waals surface area contributed by atoms with Gasteiger partial charge < -0.3 is 10.2 Å². The van der Waals surface area contributed by atoms with Crippen molar-refractivity contribution in [2.75, 3.05) is 11.4 Å². The predicted octanol–water partition coefficient (Wildman–Crippen LogP) is 0.667.